The molecule has 0 heterocycles. The third kappa shape index (κ3) is 2.67. The molecular weight excluding hydrogens is 262 g/mol. The van der Waals surface area contributed by atoms with Crippen molar-refractivity contribution in [1.82, 2.24) is 0 Å². The first kappa shape index (κ1) is 12.1. The van der Waals surface area contributed by atoms with Crippen molar-refractivity contribution in [2.45, 2.75) is 45.1 Å². The van der Waals surface area contributed by atoms with Gasteiger partial charge < -0.3 is 5.73 Å². The van der Waals surface area contributed by atoms with Crippen molar-refractivity contribution >= 4 is 15.9 Å². The highest BCUT2D eigenvalue weighted by atomic mass is 79.9. The minimum atomic E-state index is 0.296. The molecule has 2 rings (SSSR count). The van der Waals surface area contributed by atoms with E-state index in [9.17, 15) is 0 Å². The second kappa shape index (κ2) is 4.89. The largest absolute Gasteiger partial charge is 0.327 e. The Balaban J connectivity index is 2.04. The van der Waals surface area contributed by atoms with Crippen LogP contribution in [0.1, 0.15) is 38.2 Å². The van der Waals surface area contributed by atoms with E-state index in [0.29, 0.717) is 11.5 Å². The predicted molar refractivity (Wildman–Crippen MR) is 72.4 cm³/mol. The van der Waals surface area contributed by atoms with Crippen LogP contribution in [-0.2, 0) is 6.42 Å². The highest BCUT2D eigenvalue weighted by Crippen LogP contribution is 2.40. The van der Waals surface area contributed by atoms with E-state index >= 15 is 0 Å². The summed E-state index contributed by atoms with van der Waals surface area (Å²) in [6.07, 6.45) is 6.28. The van der Waals surface area contributed by atoms with Crippen molar-refractivity contribution in [3.05, 3.63) is 34.3 Å². The van der Waals surface area contributed by atoms with Crippen LogP contribution in [0.4, 0.5) is 0 Å². The maximum absolute atomic E-state index is 6.38. The Labute approximate surface area is 107 Å². The molecule has 0 saturated heterocycles. The van der Waals surface area contributed by atoms with Crippen molar-refractivity contribution < 1.29 is 0 Å². The lowest BCUT2D eigenvalue weighted by molar-refractivity contribution is 0.260. The van der Waals surface area contributed by atoms with Crippen molar-refractivity contribution in [1.29, 1.82) is 0 Å². The summed E-state index contributed by atoms with van der Waals surface area (Å²) in [7, 11) is 0. The molecule has 1 nitrogen and oxygen atoms in total. The van der Waals surface area contributed by atoms with Crippen LogP contribution in [0.3, 0.4) is 0 Å². The van der Waals surface area contributed by atoms with Crippen LogP contribution in [0.25, 0.3) is 0 Å². The summed E-state index contributed by atoms with van der Waals surface area (Å²) >= 11 is 3.51. The zero-order valence-electron chi connectivity index (χ0n) is 9.88. The Morgan fingerprint density at radius 2 is 2.06 bits per heavy atom. The molecule has 0 aliphatic heterocycles. The van der Waals surface area contributed by atoms with Crippen molar-refractivity contribution in [3.63, 3.8) is 0 Å². The van der Waals surface area contributed by atoms with Crippen molar-refractivity contribution in [2.24, 2.45) is 11.1 Å². The van der Waals surface area contributed by atoms with Gasteiger partial charge in [-0.15, -0.1) is 0 Å². The molecule has 88 valence electrons. The third-order valence-corrected chi connectivity index (χ3v) is 4.48. The van der Waals surface area contributed by atoms with Gasteiger partial charge in [0.2, 0.25) is 0 Å². The molecule has 1 aromatic rings. The fraction of sp³-hybridized carbons (Fsp3) is 0.571. The molecule has 0 radical (unpaired) electrons. The summed E-state index contributed by atoms with van der Waals surface area (Å²) in [5.41, 5.74) is 8.09. The van der Waals surface area contributed by atoms with Gasteiger partial charge in [0, 0.05) is 10.5 Å². The summed E-state index contributed by atoms with van der Waals surface area (Å²) in [4.78, 5) is 0. The molecule has 0 amide bonds. The smallest absolute Gasteiger partial charge is 0.0178 e. The quantitative estimate of drug-likeness (QED) is 0.894. The minimum absolute atomic E-state index is 0.296. The number of halogens is 1. The lowest BCUT2D eigenvalue weighted by Gasteiger charge is -2.31. The number of hydrogen-bond donors (Lipinski definition) is 1. The van der Waals surface area contributed by atoms with Crippen molar-refractivity contribution in [2.75, 3.05) is 0 Å². The van der Waals surface area contributed by atoms with Gasteiger partial charge in [-0.25, -0.2) is 0 Å². The van der Waals surface area contributed by atoms with Crippen LogP contribution in [-0.4, -0.2) is 6.04 Å². The van der Waals surface area contributed by atoms with Crippen LogP contribution in [0, 0.1) is 5.41 Å². The van der Waals surface area contributed by atoms with E-state index in [1.54, 1.807) is 0 Å². The van der Waals surface area contributed by atoms with E-state index in [-0.39, 0.29) is 0 Å². The second-order valence-corrected chi connectivity index (χ2v) is 6.22. The Bertz CT molecular complexity index is 356. The van der Waals surface area contributed by atoms with Gasteiger partial charge in [0.25, 0.3) is 0 Å². The van der Waals surface area contributed by atoms with Crippen LogP contribution >= 0.6 is 15.9 Å². The number of nitrogens with two attached hydrogens (primary N) is 1. The molecule has 2 heteroatoms. The average molecular weight is 282 g/mol. The monoisotopic (exact) mass is 281 g/mol. The van der Waals surface area contributed by atoms with Crippen LogP contribution < -0.4 is 5.73 Å². The maximum Gasteiger partial charge on any atom is 0.0178 e. The van der Waals surface area contributed by atoms with Gasteiger partial charge in [-0.05, 0) is 42.4 Å². The van der Waals surface area contributed by atoms with E-state index in [0.717, 1.165) is 10.9 Å². The molecule has 1 aliphatic carbocycles. The zero-order valence-corrected chi connectivity index (χ0v) is 11.5. The fourth-order valence-corrected chi connectivity index (χ4v) is 3.16. The second-order valence-electron chi connectivity index (χ2n) is 5.30. The molecule has 0 bridgehead atoms. The lowest BCUT2D eigenvalue weighted by atomic mass is 9.78. The van der Waals surface area contributed by atoms with E-state index in [2.05, 4.69) is 47.1 Å². The number of hydrogen-bond acceptors (Lipinski definition) is 1. The normalized spacial score (nSPS) is 20.9. The molecule has 1 atom stereocenters. The van der Waals surface area contributed by atoms with E-state index in [1.165, 1.54) is 31.2 Å². The Morgan fingerprint density at radius 3 is 2.69 bits per heavy atom. The highest BCUT2D eigenvalue weighted by Gasteiger charge is 2.34. The molecule has 1 saturated carbocycles. The first-order valence-corrected chi connectivity index (χ1v) is 6.89. The van der Waals surface area contributed by atoms with E-state index in [4.69, 9.17) is 5.73 Å². The van der Waals surface area contributed by atoms with Crippen LogP contribution in [0.2, 0.25) is 0 Å². The molecule has 0 aromatic heterocycles. The van der Waals surface area contributed by atoms with E-state index < -0.39 is 0 Å². The van der Waals surface area contributed by atoms with Gasteiger partial charge in [-0.2, -0.15) is 0 Å². The van der Waals surface area contributed by atoms with Crippen LogP contribution in [0.5, 0.6) is 0 Å². The van der Waals surface area contributed by atoms with Crippen molar-refractivity contribution in [3.8, 4) is 0 Å². The van der Waals surface area contributed by atoms with Gasteiger partial charge in [-0.3, -0.25) is 0 Å². The Morgan fingerprint density at radius 1 is 1.38 bits per heavy atom. The molecule has 16 heavy (non-hydrogen) atoms. The van der Waals surface area contributed by atoms with Gasteiger partial charge in [0.05, 0.1) is 0 Å². The molecular formula is C14H20BrN. The summed E-state index contributed by atoms with van der Waals surface area (Å²) in [5, 5.41) is 0. The van der Waals surface area contributed by atoms with Gasteiger partial charge >= 0.3 is 0 Å². The van der Waals surface area contributed by atoms with Gasteiger partial charge in [-0.1, -0.05) is 47.8 Å². The lowest BCUT2D eigenvalue weighted by Crippen LogP contribution is -2.39. The summed E-state index contributed by atoms with van der Waals surface area (Å²) < 4.78 is 1.15. The molecule has 1 aliphatic rings. The first-order chi connectivity index (χ1) is 7.60. The number of rotatable bonds is 3. The van der Waals surface area contributed by atoms with E-state index in [1.807, 2.05) is 0 Å². The molecule has 1 unspecified atom stereocenters. The number of benzene rings is 1. The SMILES string of the molecule is CC1(C(N)Cc2cccc(Br)c2)CCCC1. The molecule has 1 fully saturated rings. The minimum Gasteiger partial charge on any atom is -0.327 e. The third-order valence-electron chi connectivity index (χ3n) is 3.99. The molecule has 0 spiro atoms. The van der Waals surface area contributed by atoms with Crippen LogP contribution in [0.15, 0.2) is 28.7 Å². The van der Waals surface area contributed by atoms with Gasteiger partial charge in [0.15, 0.2) is 0 Å². The summed E-state index contributed by atoms with van der Waals surface area (Å²) in [6, 6.07) is 8.79. The Hall–Kier alpha value is -0.340. The summed E-state index contributed by atoms with van der Waals surface area (Å²) in [5.74, 6) is 0. The summed E-state index contributed by atoms with van der Waals surface area (Å²) in [6.45, 7) is 2.35. The zero-order chi connectivity index (χ0) is 11.6. The molecule has 2 N–H and O–H groups in total. The maximum atomic E-state index is 6.38. The first-order valence-electron chi connectivity index (χ1n) is 6.10. The van der Waals surface area contributed by atoms with Gasteiger partial charge in [0.1, 0.15) is 0 Å². The molecule has 1 aromatic carbocycles. The average Bonchev–Trinajstić information content (AvgIpc) is 2.66. The highest BCUT2D eigenvalue weighted by molar-refractivity contribution is 9.10. The standard InChI is InChI=1S/C14H20BrN/c1-14(7-2-3-8-14)13(16)10-11-5-4-6-12(15)9-11/h4-6,9,13H,2-3,7-8,10,16H2,1H3. The topological polar surface area (TPSA) is 26.0 Å². The predicted octanol–water partition coefficient (Wildman–Crippen LogP) is 3.90. The Kier molecular flexibility index (Phi) is 3.70. The fourth-order valence-electron chi connectivity index (χ4n) is 2.72.